The zero-order chi connectivity index (χ0) is 13.9. The third kappa shape index (κ3) is 2.15. The fraction of sp³-hybridized carbons (Fsp3) is 0.438. The van der Waals surface area contributed by atoms with Crippen molar-refractivity contribution in [3.63, 3.8) is 0 Å². The van der Waals surface area contributed by atoms with Gasteiger partial charge in [-0.2, -0.15) is 5.10 Å². The van der Waals surface area contributed by atoms with E-state index in [9.17, 15) is 0 Å². The van der Waals surface area contributed by atoms with Crippen LogP contribution in [-0.4, -0.2) is 24.0 Å². The maximum Gasteiger partial charge on any atom is 0.131 e. The first-order chi connectivity index (χ1) is 9.85. The van der Waals surface area contributed by atoms with Crippen LogP contribution in [0.15, 0.2) is 30.5 Å². The van der Waals surface area contributed by atoms with Gasteiger partial charge in [-0.05, 0) is 31.0 Å². The van der Waals surface area contributed by atoms with Gasteiger partial charge in [0.05, 0.1) is 31.5 Å². The molecule has 4 nitrogen and oxygen atoms in total. The lowest BCUT2D eigenvalue weighted by Gasteiger charge is -2.18. The molecule has 0 N–H and O–H groups in total. The van der Waals surface area contributed by atoms with Gasteiger partial charge in [0.2, 0.25) is 0 Å². The molecule has 0 radical (unpaired) electrons. The molecule has 0 atom stereocenters. The fourth-order valence-corrected chi connectivity index (χ4v) is 3.06. The number of methoxy groups -OCH3 is 2. The van der Waals surface area contributed by atoms with Gasteiger partial charge in [-0.15, -0.1) is 0 Å². The maximum absolute atomic E-state index is 5.51. The molecule has 0 amide bonds. The Hall–Kier alpha value is -1.97. The first-order valence-electron chi connectivity index (χ1n) is 7.10. The SMILES string of the molecule is COc1cccc(OC)c1-c1ccnn1C1CCCC1. The lowest BCUT2D eigenvalue weighted by molar-refractivity contribution is 0.395. The summed E-state index contributed by atoms with van der Waals surface area (Å²) in [6, 6.07) is 8.40. The van der Waals surface area contributed by atoms with Crippen molar-refractivity contribution in [1.29, 1.82) is 0 Å². The molecule has 0 spiro atoms. The van der Waals surface area contributed by atoms with E-state index in [1.54, 1.807) is 14.2 Å². The lowest BCUT2D eigenvalue weighted by Crippen LogP contribution is -2.09. The second-order valence-corrected chi connectivity index (χ2v) is 5.14. The lowest BCUT2D eigenvalue weighted by atomic mass is 10.1. The molecule has 1 saturated carbocycles. The van der Waals surface area contributed by atoms with Crippen LogP contribution in [-0.2, 0) is 0 Å². The molecule has 1 heterocycles. The number of nitrogens with zero attached hydrogens (tertiary/aromatic N) is 2. The molecular formula is C16H20N2O2. The molecule has 0 saturated heterocycles. The van der Waals surface area contributed by atoms with Crippen molar-refractivity contribution in [2.75, 3.05) is 14.2 Å². The smallest absolute Gasteiger partial charge is 0.131 e. The average molecular weight is 272 g/mol. The number of hydrogen-bond donors (Lipinski definition) is 0. The zero-order valence-electron chi connectivity index (χ0n) is 12.0. The van der Waals surface area contributed by atoms with Crippen molar-refractivity contribution in [3.05, 3.63) is 30.5 Å². The minimum absolute atomic E-state index is 0.495. The molecule has 1 aliphatic rings. The van der Waals surface area contributed by atoms with Crippen LogP contribution in [0, 0.1) is 0 Å². The van der Waals surface area contributed by atoms with E-state index in [1.165, 1.54) is 25.7 Å². The maximum atomic E-state index is 5.51. The number of ether oxygens (including phenoxy) is 2. The van der Waals surface area contributed by atoms with Gasteiger partial charge in [-0.1, -0.05) is 18.9 Å². The van der Waals surface area contributed by atoms with E-state index in [-0.39, 0.29) is 0 Å². The number of benzene rings is 1. The summed E-state index contributed by atoms with van der Waals surface area (Å²) < 4.78 is 13.1. The summed E-state index contributed by atoms with van der Waals surface area (Å²) in [7, 11) is 3.38. The monoisotopic (exact) mass is 272 g/mol. The third-order valence-electron chi connectivity index (χ3n) is 4.02. The van der Waals surface area contributed by atoms with Crippen molar-refractivity contribution in [3.8, 4) is 22.8 Å². The molecule has 0 aliphatic heterocycles. The Morgan fingerprint density at radius 1 is 1.05 bits per heavy atom. The zero-order valence-corrected chi connectivity index (χ0v) is 12.0. The van der Waals surface area contributed by atoms with E-state index in [0.29, 0.717) is 6.04 Å². The van der Waals surface area contributed by atoms with Crippen LogP contribution in [0.4, 0.5) is 0 Å². The minimum atomic E-state index is 0.495. The van der Waals surface area contributed by atoms with Gasteiger partial charge in [0.1, 0.15) is 11.5 Å². The van der Waals surface area contributed by atoms with Crippen LogP contribution < -0.4 is 9.47 Å². The van der Waals surface area contributed by atoms with Crippen LogP contribution in [0.25, 0.3) is 11.3 Å². The fourth-order valence-electron chi connectivity index (χ4n) is 3.06. The molecule has 1 fully saturated rings. The molecule has 2 aromatic rings. The molecule has 0 bridgehead atoms. The van der Waals surface area contributed by atoms with E-state index in [0.717, 1.165) is 22.8 Å². The van der Waals surface area contributed by atoms with Crippen molar-refractivity contribution in [2.45, 2.75) is 31.7 Å². The number of hydrogen-bond acceptors (Lipinski definition) is 3. The normalized spacial score (nSPS) is 15.5. The van der Waals surface area contributed by atoms with E-state index in [1.807, 2.05) is 30.5 Å². The minimum Gasteiger partial charge on any atom is -0.496 e. The van der Waals surface area contributed by atoms with E-state index in [2.05, 4.69) is 9.78 Å². The van der Waals surface area contributed by atoms with Crippen LogP contribution in [0.5, 0.6) is 11.5 Å². The largest absolute Gasteiger partial charge is 0.496 e. The third-order valence-corrected chi connectivity index (χ3v) is 4.02. The molecule has 4 heteroatoms. The average Bonchev–Trinajstić information content (AvgIpc) is 3.16. The second kappa shape index (κ2) is 5.57. The summed E-state index contributed by atoms with van der Waals surface area (Å²) in [5, 5.41) is 4.53. The Bertz CT molecular complexity index is 564. The number of aromatic nitrogens is 2. The summed E-state index contributed by atoms with van der Waals surface area (Å²) in [4.78, 5) is 0. The Morgan fingerprint density at radius 2 is 1.70 bits per heavy atom. The highest BCUT2D eigenvalue weighted by atomic mass is 16.5. The van der Waals surface area contributed by atoms with Crippen molar-refractivity contribution >= 4 is 0 Å². The van der Waals surface area contributed by atoms with E-state index < -0.39 is 0 Å². The Morgan fingerprint density at radius 3 is 2.30 bits per heavy atom. The highest BCUT2D eigenvalue weighted by Crippen LogP contribution is 2.41. The summed E-state index contributed by atoms with van der Waals surface area (Å²) in [5.74, 6) is 1.65. The van der Waals surface area contributed by atoms with E-state index >= 15 is 0 Å². The topological polar surface area (TPSA) is 36.3 Å². The first-order valence-corrected chi connectivity index (χ1v) is 7.10. The van der Waals surface area contributed by atoms with Gasteiger partial charge >= 0.3 is 0 Å². The summed E-state index contributed by atoms with van der Waals surface area (Å²) >= 11 is 0. The van der Waals surface area contributed by atoms with Crippen molar-refractivity contribution < 1.29 is 9.47 Å². The van der Waals surface area contributed by atoms with Gasteiger partial charge in [0, 0.05) is 6.20 Å². The Labute approximate surface area is 119 Å². The van der Waals surface area contributed by atoms with Crippen LogP contribution in [0.2, 0.25) is 0 Å². The van der Waals surface area contributed by atoms with Crippen LogP contribution >= 0.6 is 0 Å². The predicted octanol–water partition coefficient (Wildman–Crippen LogP) is 3.68. The van der Waals surface area contributed by atoms with Gasteiger partial charge in [0.25, 0.3) is 0 Å². The summed E-state index contributed by atoms with van der Waals surface area (Å²) in [6.45, 7) is 0. The van der Waals surface area contributed by atoms with Crippen molar-refractivity contribution in [2.24, 2.45) is 0 Å². The van der Waals surface area contributed by atoms with E-state index in [4.69, 9.17) is 9.47 Å². The molecule has 20 heavy (non-hydrogen) atoms. The molecule has 1 aromatic heterocycles. The second-order valence-electron chi connectivity index (χ2n) is 5.14. The van der Waals surface area contributed by atoms with Crippen LogP contribution in [0.3, 0.4) is 0 Å². The molecule has 1 aromatic carbocycles. The summed E-state index contributed by atoms with van der Waals surface area (Å²) in [5.41, 5.74) is 2.06. The van der Waals surface area contributed by atoms with Crippen LogP contribution in [0.1, 0.15) is 31.7 Å². The molecule has 106 valence electrons. The molecule has 1 aliphatic carbocycles. The highest BCUT2D eigenvalue weighted by molar-refractivity contribution is 5.74. The quantitative estimate of drug-likeness (QED) is 0.851. The predicted molar refractivity (Wildman–Crippen MR) is 78.3 cm³/mol. The first kappa shape index (κ1) is 13.0. The number of rotatable bonds is 4. The molecule has 3 rings (SSSR count). The van der Waals surface area contributed by atoms with Gasteiger partial charge in [0.15, 0.2) is 0 Å². The highest BCUT2D eigenvalue weighted by Gasteiger charge is 2.23. The van der Waals surface area contributed by atoms with Gasteiger partial charge in [-0.3, -0.25) is 4.68 Å². The van der Waals surface area contributed by atoms with Gasteiger partial charge < -0.3 is 9.47 Å². The molecule has 0 unspecified atom stereocenters. The Balaban J connectivity index is 2.11. The Kier molecular flexibility index (Phi) is 3.63. The van der Waals surface area contributed by atoms with Gasteiger partial charge in [-0.25, -0.2) is 0 Å². The standard InChI is InChI=1S/C16H20N2O2/c1-19-14-8-5-9-15(20-2)16(14)13-10-11-17-18(13)12-6-3-4-7-12/h5,8-12H,3-4,6-7H2,1-2H3. The summed E-state index contributed by atoms with van der Waals surface area (Å²) in [6.07, 6.45) is 6.83. The molecular weight excluding hydrogens is 252 g/mol. The van der Waals surface area contributed by atoms with Crippen molar-refractivity contribution in [1.82, 2.24) is 9.78 Å².